The van der Waals surface area contributed by atoms with E-state index in [1.807, 2.05) is 5.32 Å². The molecular weight excluding hydrogens is 443 g/mol. The van der Waals surface area contributed by atoms with Gasteiger partial charge < -0.3 is 10.2 Å². The number of hydrogen-bond acceptors (Lipinski definition) is 5. The number of allylic oxidation sites excluding steroid dienone is 1. The van der Waals surface area contributed by atoms with Crippen LogP contribution in [0.4, 0.5) is 13.2 Å². The lowest BCUT2D eigenvalue weighted by molar-refractivity contribution is -0.190. The van der Waals surface area contributed by atoms with E-state index in [9.17, 15) is 27.6 Å². The van der Waals surface area contributed by atoms with E-state index in [0.29, 0.717) is 5.69 Å². The van der Waals surface area contributed by atoms with E-state index in [-0.39, 0.29) is 30.0 Å². The summed E-state index contributed by atoms with van der Waals surface area (Å²) in [6.45, 7) is 3.28. The van der Waals surface area contributed by atoms with Crippen LogP contribution in [-0.2, 0) is 16.1 Å². The lowest BCUT2D eigenvalue weighted by Crippen LogP contribution is -2.66. The summed E-state index contributed by atoms with van der Waals surface area (Å²) in [6.07, 6.45) is -3.84. The highest BCUT2D eigenvalue weighted by Crippen LogP contribution is 2.52. The summed E-state index contributed by atoms with van der Waals surface area (Å²) in [4.78, 5) is 44.3. The highest BCUT2D eigenvalue weighted by molar-refractivity contribution is 7.12. The average Bonchev–Trinajstić information content (AvgIpc) is 3.30. The molecule has 0 saturated carbocycles. The molecule has 1 atom stereocenters. The van der Waals surface area contributed by atoms with Crippen LogP contribution >= 0.6 is 11.3 Å². The van der Waals surface area contributed by atoms with Gasteiger partial charge in [-0.05, 0) is 35.4 Å². The number of thiophene rings is 1. The van der Waals surface area contributed by atoms with Crippen LogP contribution in [0.2, 0.25) is 0 Å². The maximum atomic E-state index is 14.7. The van der Waals surface area contributed by atoms with Crippen molar-refractivity contribution in [1.29, 1.82) is 0 Å². The van der Waals surface area contributed by atoms with Gasteiger partial charge in [0.25, 0.3) is 11.8 Å². The first-order chi connectivity index (χ1) is 15.0. The third-order valence-electron chi connectivity index (χ3n) is 5.64. The Bertz CT molecular complexity index is 1110. The lowest BCUT2D eigenvalue weighted by atomic mass is 9.72. The minimum atomic E-state index is -5.23. The van der Waals surface area contributed by atoms with Crippen LogP contribution in [-0.4, -0.2) is 39.2 Å². The minimum absolute atomic E-state index is 0.00860. The summed E-state index contributed by atoms with van der Waals surface area (Å²) in [5.41, 5.74) is -4.41. The molecule has 0 aromatic carbocycles. The average molecular weight is 463 g/mol. The van der Waals surface area contributed by atoms with E-state index in [1.54, 1.807) is 32.0 Å². The summed E-state index contributed by atoms with van der Waals surface area (Å²) >= 11 is 0.943. The Hall–Kier alpha value is -3.01. The first kappa shape index (κ1) is 22.2. The normalized spacial score (nSPS) is 22.8. The first-order valence-corrected chi connectivity index (χ1v) is 10.8. The third-order valence-corrected chi connectivity index (χ3v) is 6.51. The van der Waals surface area contributed by atoms with Gasteiger partial charge in [0, 0.05) is 18.3 Å². The number of Topliss-reactive ketones (excluding diaryl/α,β-unsaturated/α-hetero) is 1. The monoisotopic (exact) mass is 463 g/mol. The summed E-state index contributed by atoms with van der Waals surface area (Å²) in [6, 6.07) is 7.76. The second-order valence-corrected chi connectivity index (χ2v) is 9.60. The SMILES string of the molecule is CC1(C)CC(=O)C2=C(C1)N(Cc1ccccn1)C(=O)[C@]2(NC(=O)c1cccs1)C(F)(F)F. The zero-order valence-electron chi connectivity index (χ0n) is 17.3. The van der Waals surface area contributed by atoms with Crippen molar-refractivity contribution in [1.82, 2.24) is 15.2 Å². The Morgan fingerprint density at radius 2 is 1.94 bits per heavy atom. The molecule has 4 rings (SSSR count). The molecule has 1 N–H and O–H groups in total. The Morgan fingerprint density at radius 3 is 2.53 bits per heavy atom. The van der Waals surface area contributed by atoms with Crippen LogP contribution in [0.15, 0.2) is 53.2 Å². The number of rotatable bonds is 4. The number of nitrogens with one attached hydrogen (secondary N) is 1. The smallest absolute Gasteiger partial charge is 0.326 e. The van der Waals surface area contributed by atoms with E-state index in [0.717, 1.165) is 16.2 Å². The molecule has 32 heavy (non-hydrogen) atoms. The predicted molar refractivity (Wildman–Crippen MR) is 110 cm³/mol. The Morgan fingerprint density at radius 1 is 1.19 bits per heavy atom. The standard InChI is InChI=1S/C22H20F3N3O3S/c1-20(2)10-14-17(15(29)11-20)21(22(23,24)25,27-18(30)16-7-5-9-32-16)19(31)28(14)12-13-6-3-4-8-26-13/h3-9H,10-12H2,1-2H3,(H,27,30)/t21-/m0/s1. The number of carbonyl (C=O) groups excluding carboxylic acids is 3. The second kappa shape index (κ2) is 7.54. The van der Waals surface area contributed by atoms with Crippen molar-refractivity contribution in [3.05, 3.63) is 63.7 Å². The molecule has 2 amide bonds. The van der Waals surface area contributed by atoms with E-state index in [2.05, 4.69) is 4.98 Å². The summed E-state index contributed by atoms with van der Waals surface area (Å²) < 4.78 is 44.0. The molecule has 2 aromatic rings. The van der Waals surface area contributed by atoms with Crippen molar-refractivity contribution in [2.75, 3.05) is 0 Å². The topological polar surface area (TPSA) is 79.4 Å². The second-order valence-electron chi connectivity index (χ2n) is 8.65. The van der Waals surface area contributed by atoms with Gasteiger partial charge in [0.05, 0.1) is 22.7 Å². The minimum Gasteiger partial charge on any atom is -0.326 e. The highest BCUT2D eigenvalue weighted by Gasteiger charge is 2.71. The molecule has 0 spiro atoms. The van der Waals surface area contributed by atoms with Crippen LogP contribution < -0.4 is 5.32 Å². The third kappa shape index (κ3) is 3.52. The van der Waals surface area contributed by atoms with Gasteiger partial charge in [0.1, 0.15) is 0 Å². The van der Waals surface area contributed by atoms with Gasteiger partial charge >= 0.3 is 6.18 Å². The van der Waals surface area contributed by atoms with E-state index >= 15 is 0 Å². The van der Waals surface area contributed by atoms with Gasteiger partial charge in [0.2, 0.25) is 5.54 Å². The maximum absolute atomic E-state index is 14.7. The number of ketones is 1. The molecule has 10 heteroatoms. The largest absolute Gasteiger partial charge is 0.425 e. The van der Waals surface area contributed by atoms with Crippen LogP contribution in [0.25, 0.3) is 0 Å². The summed E-state index contributed by atoms with van der Waals surface area (Å²) in [5, 5.41) is 3.45. The number of hydrogen-bond donors (Lipinski definition) is 1. The summed E-state index contributed by atoms with van der Waals surface area (Å²) in [5.74, 6) is -3.25. The quantitative estimate of drug-likeness (QED) is 0.747. The molecule has 3 heterocycles. The maximum Gasteiger partial charge on any atom is 0.425 e. The van der Waals surface area contributed by atoms with Crippen molar-refractivity contribution >= 4 is 28.9 Å². The van der Waals surface area contributed by atoms with Crippen molar-refractivity contribution in [3.63, 3.8) is 0 Å². The highest BCUT2D eigenvalue weighted by atomic mass is 32.1. The molecule has 0 fully saturated rings. The number of amides is 2. The lowest BCUT2D eigenvalue weighted by Gasteiger charge is -2.35. The van der Waals surface area contributed by atoms with Gasteiger partial charge in [-0.2, -0.15) is 13.2 Å². The number of carbonyl (C=O) groups is 3. The van der Waals surface area contributed by atoms with Crippen molar-refractivity contribution < 1.29 is 27.6 Å². The molecule has 2 aliphatic rings. The summed E-state index contributed by atoms with van der Waals surface area (Å²) in [7, 11) is 0. The van der Waals surface area contributed by atoms with Crippen LogP contribution in [0, 0.1) is 5.41 Å². The Kier molecular flexibility index (Phi) is 5.23. The van der Waals surface area contributed by atoms with Gasteiger partial charge in [-0.3, -0.25) is 19.4 Å². The molecule has 1 aliphatic heterocycles. The van der Waals surface area contributed by atoms with Gasteiger partial charge in [-0.25, -0.2) is 0 Å². The molecular formula is C22H20F3N3O3S. The molecule has 168 valence electrons. The van der Waals surface area contributed by atoms with Gasteiger partial charge in [-0.15, -0.1) is 11.3 Å². The predicted octanol–water partition coefficient (Wildman–Crippen LogP) is 3.86. The zero-order valence-corrected chi connectivity index (χ0v) is 18.1. The fraction of sp³-hybridized carbons (Fsp3) is 0.364. The Balaban J connectivity index is 1.88. The zero-order chi connectivity index (χ0) is 23.3. The van der Waals surface area contributed by atoms with Crippen molar-refractivity contribution in [3.8, 4) is 0 Å². The first-order valence-electron chi connectivity index (χ1n) is 9.88. The molecule has 6 nitrogen and oxygen atoms in total. The van der Waals surface area contributed by atoms with Crippen molar-refractivity contribution in [2.45, 2.75) is 44.9 Å². The van der Waals surface area contributed by atoms with Crippen molar-refractivity contribution in [2.24, 2.45) is 5.41 Å². The molecule has 1 aliphatic carbocycles. The van der Waals surface area contributed by atoms with E-state index in [4.69, 9.17) is 0 Å². The van der Waals surface area contributed by atoms with Crippen LogP contribution in [0.1, 0.15) is 42.1 Å². The molecule has 0 radical (unpaired) electrons. The molecule has 0 bridgehead atoms. The van der Waals surface area contributed by atoms with E-state index in [1.165, 1.54) is 23.7 Å². The Labute approximate surface area is 186 Å². The molecule has 0 saturated heterocycles. The van der Waals surface area contributed by atoms with Crippen LogP contribution in [0.5, 0.6) is 0 Å². The number of halogens is 3. The fourth-order valence-corrected chi connectivity index (χ4v) is 4.91. The molecule has 2 aromatic heterocycles. The van der Waals surface area contributed by atoms with Crippen LogP contribution in [0.3, 0.4) is 0 Å². The van der Waals surface area contributed by atoms with Gasteiger partial charge in [0.15, 0.2) is 5.78 Å². The number of aromatic nitrogens is 1. The number of alkyl halides is 3. The van der Waals surface area contributed by atoms with Gasteiger partial charge in [-0.1, -0.05) is 26.0 Å². The number of pyridine rings is 1. The fourth-order valence-electron chi connectivity index (χ4n) is 4.29. The van der Waals surface area contributed by atoms with E-state index < -0.39 is 40.3 Å². The molecule has 0 unspecified atom stereocenters. The number of nitrogens with zero attached hydrogens (tertiary/aromatic N) is 2.